The van der Waals surface area contributed by atoms with E-state index in [0.717, 1.165) is 38.8 Å². The van der Waals surface area contributed by atoms with Crippen LogP contribution in [0.4, 0.5) is 4.39 Å². The summed E-state index contributed by atoms with van der Waals surface area (Å²) in [6.07, 6.45) is 0. The number of halogens is 3. The summed E-state index contributed by atoms with van der Waals surface area (Å²) in [5.74, 6) is -0.845. The molecule has 20 heavy (non-hydrogen) atoms. The Morgan fingerprint density at radius 2 is 2.10 bits per heavy atom. The number of nitrogens with one attached hydrogen (secondary N) is 2. The molecule has 1 aliphatic rings. The van der Waals surface area contributed by atoms with Crippen molar-refractivity contribution in [2.24, 2.45) is 0 Å². The summed E-state index contributed by atoms with van der Waals surface area (Å²) in [6.45, 7) is 5.32. The van der Waals surface area contributed by atoms with Crippen molar-refractivity contribution in [3.8, 4) is 0 Å². The van der Waals surface area contributed by atoms with Crippen molar-refractivity contribution in [1.29, 1.82) is 0 Å². The molecule has 0 bridgehead atoms. The van der Waals surface area contributed by atoms with E-state index in [9.17, 15) is 9.18 Å². The molecule has 1 aromatic rings. The minimum absolute atomic E-state index is 0. The Kier molecular flexibility index (Phi) is 7.23. The van der Waals surface area contributed by atoms with Crippen molar-refractivity contribution < 1.29 is 9.18 Å². The SMILES string of the molecule is Cl.O=C(NCCN1CCNCC1)c1ccc(Cl)c(F)c1. The summed E-state index contributed by atoms with van der Waals surface area (Å²) in [4.78, 5) is 14.1. The van der Waals surface area contributed by atoms with Gasteiger partial charge in [-0.05, 0) is 18.2 Å². The van der Waals surface area contributed by atoms with Gasteiger partial charge in [0.2, 0.25) is 0 Å². The van der Waals surface area contributed by atoms with Gasteiger partial charge in [-0.1, -0.05) is 11.6 Å². The largest absolute Gasteiger partial charge is 0.351 e. The van der Waals surface area contributed by atoms with Gasteiger partial charge in [-0.2, -0.15) is 0 Å². The molecule has 1 amide bonds. The highest BCUT2D eigenvalue weighted by Gasteiger charge is 2.11. The van der Waals surface area contributed by atoms with Crippen molar-refractivity contribution >= 4 is 29.9 Å². The lowest BCUT2D eigenvalue weighted by Crippen LogP contribution is -2.46. The molecule has 1 saturated heterocycles. The Morgan fingerprint density at radius 1 is 1.40 bits per heavy atom. The summed E-state index contributed by atoms with van der Waals surface area (Å²) in [5.41, 5.74) is 0.294. The van der Waals surface area contributed by atoms with Crippen LogP contribution in [0.15, 0.2) is 18.2 Å². The lowest BCUT2D eigenvalue weighted by Gasteiger charge is -2.27. The fourth-order valence-corrected chi connectivity index (χ4v) is 2.12. The minimum Gasteiger partial charge on any atom is -0.351 e. The topological polar surface area (TPSA) is 44.4 Å². The van der Waals surface area contributed by atoms with Gasteiger partial charge in [0.15, 0.2) is 0 Å². The molecule has 1 heterocycles. The number of benzene rings is 1. The number of rotatable bonds is 4. The molecule has 0 spiro atoms. The van der Waals surface area contributed by atoms with Gasteiger partial charge in [-0.15, -0.1) is 12.4 Å². The van der Waals surface area contributed by atoms with Gasteiger partial charge in [-0.25, -0.2) is 4.39 Å². The quantitative estimate of drug-likeness (QED) is 0.884. The highest BCUT2D eigenvalue weighted by Crippen LogP contribution is 2.15. The normalized spacial score (nSPS) is 15.5. The number of hydrogen-bond donors (Lipinski definition) is 2. The molecule has 1 aromatic carbocycles. The highest BCUT2D eigenvalue weighted by atomic mass is 35.5. The Labute approximate surface area is 129 Å². The van der Waals surface area contributed by atoms with E-state index in [0.29, 0.717) is 12.1 Å². The van der Waals surface area contributed by atoms with E-state index < -0.39 is 5.82 Å². The van der Waals surface area contributed by atoms with Crippen LogP contribution in [0.3, 0.4) is 0 Å². The third-order valence-corrected chi connectivity index (χ3v) is 3.41. The second kappa shape index (κ2) is 8.42. The van der Waals surface area contributed by atoms with Crippen LogP contribution in [-0.4, -0.2) is 50.1 Å². The zero-order valence-electron chi connectivity index (χ0n) is 11.0. The molecular weight excluding hydrogens is 304 g/mol. The molecule has 2 rings (SSSR count). The van der Waals surface area contributed by atoms with Crippen molar-refractivity contribution in [2.45, 2.75) is 0 Å². The van der Waals surface area contributed by atoms with Crippen LogP contribution in [0.25, 0.3) is 0 Å². The number of amides is 1. The molecule has 4 nitrogen and oxygen atoms in total. The van der Waals surface area contributed by atoms with Crippen LogP contribution in [0.1, 0.15) is 10.4 Å². The van der Waals surface area contributed by atoms with Crippen molar-refractivity contribution in [3.05, 3.63) is 34.6 Å². The Balaban J connectivity index is 0.00000200. The number of piperazine rings is 1. The average Bonchev–Trinajstić information content (AvgIpc) is 2.43. The summed E-state index contributed by atoms with van der Waals surface area (Å²) in [6, 6.07) is 4.07. The summed E-state index contributed by atoms with van der Waals surface area (Å²) < 4.78 is 13.2. The molecule has 0 atom stereocenters. The third kappa shape index (κ3) is 4.90. The molecule has 7 heteroatoms. The lowest BCUT2D eigenvalue weighted by molar-refractivity contribution is 0.0947. The van der Waals surface area contributed by atoms with E-state index in [4.69, 9.17) is 11.6 Å². The summed E-state index contributed by atoms with van der Waals surface area (Å²) in [5, 5.41) is 6.08. The molecule has 0 aliphatic carbocycles. The van der Waals surface area contributed by atoms with E-state index in [1.165, 1.54) is 12.1 Å². The second-order valence-corrected chi connectivity index (χ2v) is 4.88. The van der Waals surface area contributed by atoms with E-state index >= 15 is 0 Å². The van der Waals surface area contributed by atoms with E-state index in [2.05, 4.69) is 15.5 Å². The summed E-state index contributed by atoms with van der Waals surface area (Å²) in [7, 11) is 0. The number of carbonyl (C=O) groups is 1. The monoisotopic (exact) mass is 321 g/mol. The molecule has 0 unspecified atom stereocenters. The Morgan fingerprint density at radius 3 is 2.75 bits per heavy atom. The van der Waals surface area contributed by atoms with Crippen LogP contribution in [-0.2, 0) is 0 Å². The van der Waals surface area contributed by atoms with E-state index in [1.807, 2.05) is 0 Å². The first-order valence-electron chi connectivity index (χ1n) is 6.33. The van der Waals surface area contributed by atoms with Crippen LogP contribution in [0, 0.1) is 5.82 Å². The third-order valence-electron chi connectivity index (χ3n) is 3.10. The molecule has 1 aliphatic heterocycles. The molecule has 0 radical (unpaired) electrons. The number of nitrogens with zero attached hydrogens (tertiary/aromatic N) is 1. The van der Waals surface area contributed by atoms with Crippen molar-refractivity contribution in [2.75, 3.05) is 39.3 Å². The van der Waals surface area contributed by atoms with Crippen LogP contribution >= 0.6 is 24.0 Å². The van der Waals surface area contributed by atoms with Crippen molar-refractivity contribution in [3.63, 3.8) is 0 Å². The molecule has 112 valence electrons. The van der Waals surface area contributed by atoms with Gasteiger partial charge in [0.05, 0.1) is 5.02 Å². The zero-order chi connectivity index (χ0) is 13.7. The first-order chi connectivity index (χ1) is 9.16. The van der Waals surface area contributed by atoms with Crippen LogP contribution in [0.2, 0.25) is 5.02 Å². The van der Waals surface area contributed by atoms with Gasteiger partial charge in [0.25, 0.3) is 5.91 Å². The van der Waals surface area contributed by atoms with Gasteiger partial charge < -0.3 is 10.6 Å². The van der Waals surface area contributed by atoms with E-state index in [-0.39, 0.29) is 23.3 Å². The van der Waals surface area contributed by atoms with Gasteiger partial charge in [0.1, 0.15) is 5.82 Å². The van der Waals surface area contributed by atoms with Gasteiger partial charge in [0, 0.05) is 44.8 Å². The fourth-order valence-electron chi connectivity index (χ4n) is 2.00. The van der Waals surface area contributed by atoms with Crippen LogP contribution < -0.4 is 10.6 Å². The molecular formula is C13H18Cl2FN3O. The maximum Gasteiger partial charge on any atom is 0.251 e. The maximum atomic E-state index is 13.2. The predicted molar refractivity (Wildman–Crippen MR) is 80.3 cm³/mol. The van der Waals surface area contributed by atoms with Crippen LogP contribution in [0.5, 0.6) is 0 Å². The fraction of sp³-hybridized carbons (Fsp3) is 0.462. The molecule has 0 aromatic heterocycles. The Bertz CT molecular complexity index is 453. The van der Waals surface area contributed by atoms with Gasteiger partial charge in [-0.3, -0.25) is 9.69 Å². The van der Waals surface area contributed by atoms with Crippen molar-refractivity contribution in [1.82, 2.24) is 15.5 Å². The molecule has 0 saturated carbocycles. The van der Waals surface area contributed by atoms with E-state index in [1.54, 1.807) is 0 Å². The summed E-state index contributed by atoms with van der Waals surface area (Å²) >= 11 is 5.57. The first kappa shape index (κ1) is 17.2. The maximum absolute atomic E-state index is 13.2. The highest BCUT2D eigenvalue weighted by molar-refractivity contribution is 6.30. The Hall–Kier alpha value is -0.880. The molecule has 1 fully saturated rings. The lowest BCUT2D eigenvalue weighted by atomic mass is 10.2. The predicted octanol–water partition coefficient (Wildman–Crippen LogP) is 1.54. The molecule has 2 N–H and O–H groups in total. The minimum atomic E-state index is -0.573. The smallest absolute Gasteiger partial charge is 0.251 e. The standard InChI is InChI=1S/C13H17ClFN3O.ClH/c14-11-2-1-10(9-12(11)15)13(19)17-5-8-18-6-3-16-4-7-18;/h1-2,9,16H,3-8H2,(H,17,19);1H. The van der Waals surface area contributed by atoms with Gasteiger partial charge >= 0.3 is 0 Å². The average molecular weight is 322 g/mol. The zero-order valence-corrected chi connectivity index (χ0v) is 12.6. The number of hydrogen-bond acceptors (Lipinski definition) is 3. The first-order valence-corrected chi connectivity index (χ1v) is 6.71. The second-order valence-electron chi connectivity index (χ2n) is 4.48. The number of carbonyl (C=O) groups excluding carboxylic acids is 1.